The van der Waals surface area contributed by atoms with Crippen LogP contribution in [0.4, 0.5) is 11.9 Å². The molecule has 1 aromatic rings. The van der Waals surface area contributed by atoms with Crippen LogP contribution in [0, 0.1) is 0 Å². The Morgan fingerprint density at radius 1 is 1.17 bits per heavy atom. The van der Waals surface area contributed by atoms with E-state index in [0.717, 1.165) is 25.9 Å². The van der Waals surface area contributed by atoms with Crippen molar-refractivity contribution in [3.05, 3.63) is 0 Å². The van der Waals surface area contributed by atoms with Crippen LogP contribution in [0.5, 0.6) is 6.01 Å². The molecule has 0 amide bonds. The summed E-state index contributed by atoms with van der Waals surface area (Å²) in [5.41, 5.74) is 0. The highest BCUT2D eigenvalue weighted by Gasteiger charge is 2.10. The fraction of sp³-hybridized carbons (Fsp3) is 0.750. The second-order valence-electron chi connectivity index (χ2n) is 3.98. The van der Waals surface area contributed by atoms with Gasteiger partial charge in [-0.2, -0.15) is 15.0 Å². The lowest BCUT2D eigenvalue weighted by Crippen LogP contribution is -2.22. The zero-order valence-corrected chi connectivity index (χ0v) is 11.7. The van der Waals surface area contributed by atoms with Gasteiger partial charge in [0.05, 0.1) is 6.61 Å². The van der Waals surface area contributed by atoms with E-state index in [1.54, 1.807) is 0 Å². The topological polar surface area (TPSA) is 63.2 Å². The van der Waals surface area contributed by atoms with Crippen molar-refractivity contribution >= 4 is 11.9 Å². The first-order valence-corrected chi connectivity index (χ1v) is 6.55. The maximum atomic E-state index is 5.36. The van der Waals surface area contributed by atoms with Crippen LogP contribution in [0.3, 0.4) is 0 Å². The monoisotopic (exact) mass is 253 g/mol. The third-order valence-electron chi connectivity index (χ3n) is 2.40. The Kier molecular flexibility index (Phi) is 6.18. The molecule has 0 saturated heterocycles. The van der Waals surface area contributed by atoms with E-state index >= 15 is 0 Å². The molecule has 102 valence electrons. The Morgan fingerprint density at radius 2 is 1.94 bits per heavy atom. The highest BCUT2D eigenvalue weighted by atomic mass is 16.5. The number of unbranched alkanes of at least 4 members (excludes halogenated alkanes) is 1. The van der Waals surface area contributed by atoms with Gasteiger partial charge in [0.25, 0.3) is 0 Å². The second-order valence-corrected chi connectivity index (χ2v) is 3.98. The van der Waals surface area contributed by atoms with Crippen molar-refractivity contribution in [2.45, 2.75) is 33.6 Å². The van der Waals surface area contributed by atoms with Crippen LogP contribution < -0.4 is 15.0 Å². The minimum atomic E-state index is 0.377. The first kappa shape index (κ1) is 14.5. The van der Waals surface area contributed by atoms with Gasteiger partial charge in [0.2, 0.25) is 11.9 Å². The predicted octanol–water partition coefficient (Wildman–Crippen LogP) is 1.94. The Labute approximate surface area is 109 Å². The first-order chi connectivity index (χ1) is 8.71. The molecule has 6 heteroatoms. The predicted molar refractivity (Wildman–Crippen MR) is 73.3 cm³/mol. The number of aromatic nitrogens is 3. The van der Waals surface area contributed by atoms with Gasteiger partial charge in [-0.3, -0.25) is 0 Å². The van der Waals surface area contributed by atoms with Crippen molar-refractivity contribution in [2.24, 2.45) is 0 Å². The van der Waals surface area contributed by atoms with E-state index < -0.39 is 0 Å². The summed E-state index contributed by atoms with van der Waals surface area (Å²) in [6.07, 6.45) is 2.26. The molecule has 0 fully saturated rings. The molecule has 0 aliphatic carbocycles. The van der Waals surface area contributed by atoms with Gasteiger partial charge in [0.1, 0.15) is 0 Å². The van der Waals surface area contributed by atoms with Crippen LogP contribution >= 0.6 is 0 Å². The van der Waals surface area contributed by atoms with Gasteiger partial charge in [0, 0.05) is 20.1 Å². The summed E-state index contributed by atoms with van der Waals surface area (Å²) in [4.78, 5) is 14.9. The Hall–Kier alpha value is -1.59. The van der Waals surface area contributed by atoms with Crippen LogP contribution in [0.15, 0.2) is 0 Å². The van der Waals surface area contributed by atoms with E-state index in [-0.39, 0.29) is 0 Å². The molecule has 6 nitrogen and oxygen atoms in total. The maximum Gasteiger partial charge on any atom is 0.323 e. The van der Waals surface area contributed by atoms with E-state index in [1.165, 1.54) is 0 Å². The quantitative estimate of drug-likeness (QED) is 0.764. The highest BCUT2D eigenvalue weighted by molar-refractivity contribution is 5.37. The van der Waals surface area contributed by atoms with Gasteiger partial charge in [-0.1, -0.05) is 13.3 Å². The largest absolute Gasteiger partial charge is 0.464 e. The van der Waals surface area contributed by atoms with E-state index in [0.29, 0.717) is 24.5 Å². The maximum absolute atomic E-state index is 5.36. The average Bonchev–Trinajstić information content (AvgIpc) is 2.36. The molecule has 1 N–H and O–H groups in total. The number of hydrogen-bond donors (Lipinski definition) is 1. The molecular formula is C12H23N5O. The lowest BCUT2D eigenvalue weighted by molar-refractivity contribution is 0.312. The summed E-state index contributed by atoms with van der Waals surface area (Å²) in [7, 11) is 1.98. The minimum Gasteiger partial charge on any atom is -0.464 e. The number of rotatable bonds is 8. The van der Waals surface area contributed by atoms with Gasteiger partial charge in [-0.05, 0) is 20.3 Å². The summed E-state index contributed by atoms with van der Waals surface area (Å²) < 4.78 is 5.36. The molecule has 0 atom stereocenters. The SMILES string of the molecule is CCCCN(C)c1nc(NCC)nc(OCC)n1. The van der Waals surface area contributed by atoms with E-state index in [1.807, 2.05) is 25.8 Å². The lowest BCUT2D eigenvalue weighted by Gasteiger charge is -2.17. The van der Waals surface area contributed by atoms with Crippen molar-refractivity contribution in [3.63, 3.8) is 0 Å². The summed E-state index contributed by atoms with van der Waals surface area (Å²) in [6, 6.07) is 0.377. The fourth-order valence-electron chi connectivity index (χ4n) is 1.44. The summed E-state index contributed by atoms with van der Waals surface area (Å²) in [6.45, 7) is 8.33. The zero-order chi connectivity index (χ0) is 13.4. The number of anilines is 2. The number of nitrogens with zero attached hydrogens (tertiary/aromatic N) is 4. The van der Waals surface area contributed by atoms with Gasteiger partial charge in [-0.15, -0.1) is 0 Å². The number of hydrogen-bond acceptors (Lipinski definition) is 6. The second kappa shape index (κ2) is 7.68. The smallest absolute Gasteiger partial charge is 0.323 e. The molecule has 0 spiro atoms. The third kappa shape index (κ3) is 4.35. The molecule has 1 rings (SSSR count). The summed E-state index contributed by atoms with van der Waals surface area (Å²) in [5.74, 6) is 1.21. The van der Waals surface area contributed by atoms with Crippen LogP contribution in [-0.4, -0.2) is 41.7 Å². The molecule has 0 aromatic carbocycles. The first-order valence-electron chi connectivity index (χ1n) is 6.55. The Morgan fingerprint density at radius 3 is 2.56 bits per heavy atom. The van der Waals surface area contributed by atoms with Gasteiger partial charge in [0.15, 0.2) is 0 Å². The van der Waals surface area contributed by atoms with Crippen molar-refractivity contribution in [1.29, 1.82) is 0 Å². The Bertz CT molecular complexity index is 334. The van der Waals surface area contributed by atoms with Gasteiger partial charge in [-0.25, -0.2) is 0 Å². The van der Waals surface area contributed by atoms with Crippen LogP contribution in [-0.2, 0) is 0 Å². The van der Waals surface area contributed by atoms with Gasteiger partial charge >= 0.3 is 6.01 Å². The summed E-state index contributed by atoms with van der Waals surface area (Å²) in [5, 5.41) is 3.09. The van der Waals surface area contributed by atoms with Crippen molar-refractivity contribution in [1.82, 2.24) is 15.0 Å². The molecule has 1 aromatic heterocycles. The average molecular weight is 253 g/mol. The standard InChI is InChI=1S/C12H23N5O/c1-5-8-9-17(4)11-14-10(13-6-2)15-12(16-11)18-7-3/h5-9H2,1-4H3,(H,13,14,15,16). The van der Waals surface area contributed by atoms with E-state index in [9.17, 15) is 0 Å². The van der Waals surface area contributed by atoms with E-state index in [2.05, 4.69) is 27.2 Å². The lowest BCUT2D eigenvalue weighted by atomic mass is 10.3. The Balaban J connectivity index is 2.87. The fourth-order valence-corrected chi connectivity index (χ4v) is 1.44. The van der Waals surface area contributed by atoms with Gasteiger partial charge < -0.3 is 15.0 Å². The van der Waals surface area contributed by atoms with Crippen LogP contribution in [0.2, 0.25) is 0 Å². The molecule has 0 bridgehead atoms. The highest BCUT2D eigenvalue weighted by Crippen LogP contribution is 2.14. The number of ether oxygens (including phenoxy) is 1. The molecule has 0 aliphatic rings. The minimum absolute atomic E-state index is 0.377. The molecule has 0 radical (unpaired) electrons. The van der Waals surface area contributed by atoms with Crippen LogP contribution in [0.25, 0.3) is 0 Å². The van der Waals surface area contributed by atoms with Crippen molar-refractivity contribution < 1.29 is 4.74 Å². The van der Waals surface area contributed by atoms with Crippen molar-refractivity contribution in [2.75, 3.05) is 37.0 Å². The molecule has 0 aliphatic heterocycles. The normalized spacial score (nSPS) is 10.2. The van der Waals surface area contributed by atoms with E-state index in [4.69, 9.17) is 4.74 Å². The molecule has 0 saturated carbocycles. The zero-order valence-electron chi connectivity index (χ0n) is 11.7. The third-order valence-corrected chi connectivity index (χ3v) is 2.40. The molecule has 18 heavy (non-hydrogen) atoms. The molecular weight excluding hydrogens is 230 g/mol. The van der Waals surface area contributed by atoms with Crippen molar-refractivity contribution in [3.8, 4) is 6.01 Å². The van der Waals surface area contributed by atoms with Crippen LogP contribution in [0.1, 0.15) is 33.6 Å². The summed E-state index contributed by atoms with van der Waals surface area (Å²) >= 11 is 0. The molecule has 0 unspecified atom stereocenters. The molecule has 1 heterocycles. The number of nitrogens with one attached hydrogen (secondary N) is 1.